The fraction of sp³-hybridized carbons (Fsp3) is 0.536. The number of fused-ring (bicyclic) bond motifs is 2. The molecule has 3 fully saturated rings. The van der Waals surface area contributed by atoms with E-state index in [1.54, 1.807) is 0 Å². The Hall–Kier alpha value is -2.49. The summed E-state index contributed by atoms with van der Waals surface area (Å²) in [6, 6.07) is 13.9. The molecule has 0 saturated carbocycles. The third kappa shape index (κ3) is 3.78. The molecule has 0 bridgehead atoms. The Balaban J connectivity index is 1.54. The van der Waals surface area contributed by atoms with Crippen LogP contribution in [0.3, 0.4) is 0 Å². The van der Waals surface area contributed by atoms with Crippen LogP contribution in [0, 0.1) is 0 Å². The van der Waals surface area contributed by atoms with Crippen molar-refractivity contribution in [2.24, 2.45) is 0 Å². The van der Waals surface area contributed by atoms with Crippen LogP contribution in [0.2, 0.25) is 0 Å². The highest BCUT2D eigenvalue weighted by molar-refractivity contribution is 5.92. The van der Waals surface area contributed by atoms with Crippen LogP contribution >= 0.6 is 0 Å². The number of nitrogens with zero attached hydrogens (tertiary/aromatic N) is 3. The van der Waals surface area contributed by atoms with Crippen LogP contribution in [0.4, 0.5) is 11.4 Å². The van der Waals surface area contributed by atoms with Crippen molar-refractivity contribution in [3.8, 4) is 0 Å². The van der Waals surface area contributed by atoms with E-state index in [2.05, 4.69) is 50.8 Å². The second kappa shape index (κ2) is 8.80. The normalized spacial score (nSPS) is 20.3. The minimum absolute atomic E-state index is 1.04. The molecule has 3 saturated heterocycles. The van der Waals surface area contributed by atoms with E-state index in [0.29, 0.717) is 0 Å². The molecule has 4 nitrogen and oxygen atoms in total. The van der Waals surface area contributed by atoms with E-state index in [0.717, 1.165) is 50.4 Å². The highest BCUT2D eigenvalue weighted by Crippen LogP contribution is 2.29. The quantitative estimate of drug-likeness (QED) is 0.395. The average Bonchev–Trinajstić information content (AvgIpc) is 2.88. The van der Waals surface area contributed by atoms with Gasteiger partial charge in [-0.25, -0.2) is 4.58 Å². The van der Waals surface area contributed by atoms with E-state index in [9.17, 15) is 0 Å². The van der Waals surface area contributed by atoms with Gasteiger partial charge in [0.2, 0.25) is 5.36 Å². The SMILES string of the molecule is c1cc2c(=[N+]3CCCCC3)c3ccc(N4CCCCC4)cc3oc2cc1N1CCCCC1. The molecule has 2 aromatic carbocycles. The van der Waals surface area contributed by atoms with Gasteiger partial charge in [0.15, 0.2) is 0 Å². The van der Waals surface area contributed by atoms with E-state index in [4.69, 9.17) is 4.42 Å². The van der Waals surface area contributed by atoms with Crippen LogP contribution in [0.5, 0.6) is 0 Å². The number of rotatable bonds is 2. The first-order chi connectivity index (χ1) is 15.9. The van der Waals surface area contributed by atoms with Gasteiger partial charge in [0, 0.05) is 62.5 Å². The van der Waals surface area contributed by atoms with Crippen LogP contribution < -0.4 is 19.7 Å². The Morgan fingerprint density at radius 1 is 0.562 bits per heavy atom. The van der Waals surface area contributed by atoms with Crippen LogP contribution in [0.15, 0.2) is 40.8 Å². The molecule has 0 unspecified atom stereocenters. The molecular weight excluding hydrogens is 394 g/mol. The molecular formula is C28H36N3O+. The summed E-state index contributed by atoms with van der Waals surface area (Å²) in [7, 11) is 0. The van der Waals surface area contributed by atoms with Crippen molar-refractivity contribution in [1.82, 2.24) is 4.58 Å². The molecule has 0 aliphatic carbocycles. The summed E-state index contributed by atoms with van der Waals surface area (Å²) in [6.45, 7) is 6.95. The standard InChI is InChI=1S/C28H36N3O/c1-4-14-29(15-5-1)22-10-12-24-26(20-22)32-27-21-23(30-16-6-2-7-17-30)11-13-25(27)28(24)31-18-8-3-9-19-31/h10-13,20-21H,1-9,14-19H2/q+1. The molecule has 168 valence electrons. The van der Waals surface area contributed by atoms with E-state index < -0.39 is 0 Å². The van der Waals surface area contributed by atoms with Crippen LogP contribution in [-0.2, 0) is 0 Å². The monoisotopic (exact) mass is 430 g/mol. The summed E-state index contributed by atoms with van der Waals surface area (Å²) in [6.07, 6.45) is 11.8. The van der Waals surface area contributed by atoms with Gasteiger partial charge in [-0.2, -0.15) is 0 Å². The van der Waals surface area contributed by atoms with E-state index in [1.165, 1.54) is 85.3 Å². The lowest BCUT2D eigenvalue weighted by molar-refractivity contribution is 0.454. The van der Waals surface area contributed by atoms with E-state index in [-0.39, 0.29) is 0 Å². The minimum atomic E-state index is 1.04. The first-order valence-electron chi connectivity index (χ1n) is 13.0. The van der Waals surface area contributed by atoms with Gasteiger partial charge in [-0.15, -0.1) is 0 Å². The third-order valence-electron chi connectivity index (χ3n) is 7.78. The predicted octanol–water partition coefficient (Wildman–Crippen LogP) is 5.52. The number of hydrogen-bond acceptors (Lipinski definition) is 3. The fourth-order valence-electron chi connectivity index (χ4n) is 6.00. The predicted molar refractivity (Wildman–Crippen MR) is 135 cm³/mol. The Kier molecular flexibility index (Phi) is 5.54. The van der Waals surface area contributed by atoms with Crippen LogP contribution in [0.25, 0.3) is 21.9 Å². The summed E-state index contributed by atoms with van der Waals surface area (Å²) in [4.78, 5) is 5.07. The Morgan fingerprint density at radius 2 is 1.03 bits per heavy atom. The molecule has 3 aromatic rings. The average molecular weight is 431 g/mol. The largest absolute Gasteiger partial charge is 0.455 e. The Labute approximate surface area is 191 Å². The van der Waals surface area contributed by atoms with Gasteiger partial charge in [-0.1, -0.05) is 0 Å². The van der Waals surface area contributed by atoms with Crippen molar-refractivity contribution in [3.05, 3.63) is 41.8 Å². The second-order valence-electron chi connectivity index (χ2n) is 9.95. The highest BCUT2D eigenvalue weighted by Gasteiger charge is 2.21. The van der Waals surface area contributed by atoms with Crippen molar-refractivity contribution in [2.45, 2.75) is 57.8 Å². The summed E-state index contributed by atoms with van der Waals surface area (Å²) < 4.78 is 9.28. The summed E-state index contributed by atoms with van der Waals surface area (Å²) in [5.74, 6) is 0. The van der Waals surface area contributed by atoms with Crippen molar-refractivity contribution in [2.75, 3.05) is 49.1 Å². The molecule has 1 aromatic heterocycles. The second-order valence-corrected chi connectivity index (χ2v) is 9.95. The van der Waals surface area contributed by atoms with Gasteiger partial charge < -0.3 is 14.2 Å². The molecule has 32 heavy (non-hydrogen) atoms. The van der Waals surface area contributed by atoms with Gasteiger partial charge >= 0.3 is 0 Å². The van der Waals surface area contributed by atoms with E-state index in [1.807, 2.05) is 0 Å². The number of anilines is 2. The smallest absolute Gasteiger partial charge is 0.222 e. The number of benzene rings is 2. The van der Waals surface area contributed by atoms with Crippen molar-refractivity contribution in [1.29, 1.82) is 0 Å². The van der Waals surface area contributed by atoms with Crippen molar-refractivity contribution in [3.63, 3.8) is 0 Å². The van der Waals surface area contributed by atoms with Gasteiger partial charge in [-0.3, -0.25) is 0 Å². The molecule has 4 heteroatoms. The lowest BCUT2D eigenvalue weighted by atomic mass is 10.1. The van der Waals surface area contributed by atoms with Crippen molar-refractivity contribution >= 4 is 33.3 Å². The molecule has 0 radical (unpaired) electrons. The summed E-state index contributed by atoms with van der Waals surface area (Å²) in [5, 5.41) is 3.92. The van der Waals surface area contributed by atoms with Crippen LogP contribution in [0.1, 0.15) is 57.8 Å². The minimum Gasteiger partial charge on any atom is -0.455 e. The third-order valence-corrected chi connectivity index (χ3v) is 7.78. The maximum absolute atomic E-state index is 6.66. The molecule has 4 heterocycles. The topological polar surface area (TPSA) is 22.6 Å². The van der Waals surface area contributed by atoms with Gasteiger partial charge in [0.05, 0.1) is 10.8 Å². The zero-order valence-corrected chi connectivity index (χ0v) is 19.3. The summed E-state index contributed by atoms with van der Waals surface area (Å²) >= 11 is 0. The first kappa shape index (κ1) is 20.1. The molecule has 0 spiro atoms. The lowest BCUT2D eigenvalue weighted by Crippen LogP contribution is -2.35. The zero-order valence-electron chi connectivity index (χ0n) is 19.3. The maximum atomic E-state index is 6.66. The molecule has 3 aliphatic heterocycles. The highest BCUT2D eigenvalue weighted by atomic mass is 16.3. The number of hydrogen-bond donors (Lipinski definition) is 0. The molecule has 0 N–H and O–H groups in total. The van der Waals surface area contributed by atoms with Gasteiger partial charge in [0.1, 0.15) is 24.3 Å². The fourth-order valence-corrected chi connectivity index (χ4v) is 6.00. The molecule has 0 amide bonds. The summed E-state index contributed by atoms with van der Waals surface area (Å²) in [5.41, 5.74) is 4.71. The zero-order chi connectivity index (χ0) is 21.3. The van der Waals surface area contributed by atoms with Gasteiger partial charge in [-0.05, 0) is 69.2 Å². The molecule has 0 atom stereocenters. The van der Waals surface area contributed by atoms with Crippen LogP contribution in [-0.4, -0.2) is 39.3 Å². The first-order valence-corrected chi connectivity index (χ1v) is 13.0. The molecule has 6 rings (SSSR count). The van der Waals surface area contributed by atoms with Gasteiger partial charge in [0.25, 0.3) is 0 Å². The number of piperidine rings is 3. The Morgan fingerprint density at radius 3 is 1.53 bits per heavy atom. The lowest BCUT2D eigenvalue weighted by Gasteiger charge is -2.29. The molecule has 3 aliphatic rings. The Bertz CT molecular complexity index is 1100. The maximum Gasteiger partial charge on any atom is 0.222 e. The van der Waals surface area contributed by atoms with E-state index >= 15 is 0 Å². The van der Waals surface area contributed by atoms with Crippen molar-refractivity contribution < 1.29 is 4.42 Å².